The Morgan fingerprint density at radius 3 is 2.60 bits per heavy atom. The summed E-state index contributed by atoms with van der Waals surface area (Å²) in [6, 6.07) is 10.9. The average Bonchev–Trinajstić information content (AvgIpc) is 3.22. The average molecular weight is 426 g/mol. The Balaban J connectivity index is 1.51. The highest BCUT2D eigenvalue weighted by atomic mass is 32.1. The third-order valence-electron chi connectivity index (χ3n) is 6.49. The van der Waals surface area contributed by atoms with E-state index in [2.05, 4.69) is 47.5 Å². The summed E-state index contributed by atoms with van der Waals surface area (Å²) in [5.74, 6) is 0.345. The molecule has 0 spiro atoms. The highest BCUT2D eigenvalue weighted by Gasteiger charge is 2.34. The van der Waals surface area contributed by atoms with Gasteiger partial charge in [-0.1, -0.05) is 31.2 Å². The largest absolute Gasteiger partial charge is 0.338 e. The van der Waals surface area contributed by atoms with Crippen LogP contribution in [0.4, 0.5) is 0 Å². The van der Waals surface area contributed by atoms with Gasteiger partial charge in [-0.3, -0.25) is 14.5 Å². The van der Waals surface area contributed by atoms with Crippen LogP contribution in [-0.2, 0) is 16.0 Å². The molecule has 30 heavy (non-hydrogen) atoms. The van der Waals surface area contributed by atoms with Crippen molar-refractivity contribution in [1.29, 1.82) is 0 Å². The highest BCUT2D eigenvalue weighted by molar-refractivity contribution is 7.10. The number of rotatable bonds is 4. The Hall–Kier alpha value is -2.18. The van der Waals surface area contributed by atoms with Crippen LogP contribution in [0.15, 0.2) is 35.7 Å². The maximum Gasteiger partial charge on any atom is 0.236 e. The van der Waals surface area contributed by atoms with Gasteiger partial charge in [0.25, 0.3) is 0 Å². The number of aryl methyl sites for hydroxylation is 1. The molecule has 1 aromatic carbocycles. The first kappa shape index (κ1) is 21.1. The number of nitrogens with zero attached hydrogens (tertiary/aromatic N) is 3. The molecule has 2 atom stereocenters. The van der Waals surface area contributed by atoms with Crippen molar-refractivity contribution in [2.45, 2.75) is 45.7 Å². The van der Waals surface area contributed by atoms with Gasteiger partial charge in [0.1, 0.15) is 0 Å². The molecule has 0 N–H and O–H groups in total. The van der Waals surface area contributed by atoms with Gasteiger partial charge in [-0.25, -0.2) is 0 Å². The topological polar surface area (TPSA) is 43.9 Å². The molecule has 5 nitrogen and oxygen atoms in total. The van der Waals surface area contributed by atoms with Crippen LogP contribution in [0.25, 0.3) is 0 Å². The fourth-order valence-electron chi connectivity index (χ4n) is 4.83. The van der Waals surface area contributed by atoms with Crippen molar-refractivity contribution in [2.75, 3.05) is 32.7 Å². The Labute approximate surface area is 183 Å². The molecule has 2 amide bonds. The van der Waals surface area contributed by atoms with Gasteiger partial charge in [0, 0.05) is 43.5 Å². The predicted molar refractivity (Wildman–Crippen MR) is 121 cm³/mol. The molecule has 6 heteroatoms. The van der Waals surface area contributed by atoms with Crippen LogP contribution in [0, 0.1) is 6.92 Å². The number of benzene rings is 1. The number of carbonyl (C=O) groups excluding carboxylic acids is 2. The van der Waals surface area contributed by atoms with Gasteiger partial charge in [0.15, 0.2) is 0 Å². The zero-order valence-electron chi connectivity index (χ0n) is 18.1. The molecule has 2 aliphatic heterocycles. The van der Waals surface area contributed by atoms with Crippen LogP contribution < -0.4 is 0 Å². The Bertz CT molecular complexity index is 925. The second-order valence-electron chi connectivity index (χ2n) is 8.41. The van der Waals surface area contributed by atoms with Crippen molar-refractivity contribution in [2.24, 2.45) is 0 Å². The quantitative estimate of drug-likeness (QED) is 0.753. The number of hydrogen-bond acceptors (Lipinski definition) is 4. The van der Waals surface area contributed by atoms with Gasteiger partial charge in [0.2, 0.25) is 11.8 Å². The van der Waals surface area contributed by atoms with Crippen molar-refractivity contribution >= 4 is 23.2 Å². The van der Waals surface area contributed by atoms with Gasteiger partial charge in [0.05, 0.1) is 12.6 Å². The number of hydrogen-bond donors (Lipinski definition) is 0. The molecule has 0 aliphatic carbocycles. The normalized spacial score (nSPS) is 22.1. The lowest BCUT2D eigenvalue weighted by Crippen LogP contribution is -2.57. The van der Waals surface area contributed by atoms with Crippen molar-refractivity contribution in [3.05, 3.63) is 57.3 Å². The van der Waals surface area contributed by atoms with E-state index >= 15 is 0 Å². The lowest BCUT2D eigenvalue weighted by molar-refractivity contribution is -0.143. The lowest BCUT2D eigenvalue weighted by atomic mass is 9.90. The fraction of sp³-hybridized carbons (Fsp3) is 0.500. The van der Waals surface area contributed by atoms with Crippen molar-refractivity contribution in [3.63, 3.8) is 0 Å². The minimum Gasteiger partial charge on any atom is -0.338 e. The molecular formula is C24H31N3O2S. The van der Waals surface area contributed by atoms with Crippen LogP contribution in [0.1, 0.15) is 47.9 Å². The Morgan fingerprint density at radius 2 is 1.87 bits per heavy atom. The summed E-state index contributed by atoms with van der Waals surface area (Å²) in [4.78, 5) is 33.0. The van der Waals surface area contributed by atoms with Gasteiger partial charge < -0.3 is 9.80 Å². The second kappa shape index (κ2) is 8.90. The molecule has 1 fully saturated rings. The van der Waals surface area contributed by atoms with E-state index in [4.69, 9.17) is 0 Å². The van der Waals surface area contributed by atoms with Crippen LogP contribution in [0.3, 0.4) is 0 Å². The second-order valence-corrected chi connectivity index (χ2v) is 9.41. The summed E-state index contributed by atoms with van der Waals surface area (Å²) >= 11 is 1.82. The molecule has 1 saturated heterocycles. The van der Waals surface area contributed by atoms with Crippen LogP contribution in [-0.4, -0.2) is 65.3 Å². The predicted octanol–water partition coefficient (Wildman–Crippen LogP) is 3.47. The molecule has 0 bridgehead atoms. The maximum atomic E-state index is 13.3. The number of amides is 2. The van der Waals surface area contributed by atoms with E-state index < -0.39 is 0 Å². The molecule has 0 radical (unpaired) electrons. The van der Waals surface area contributed by atoms with E-state index in [1.54, 1.807) is 0 Å². The minimum atomic E-state index is 0.0761. The van der Waals surface area contributed by atoms with E-state index in [1.807, 2.05) is 35.0 Å². The lowest BCUT2D eigenvalue weighted by Gasteiger charge is -2.42. The third kappa shape index (κ3) is 4.03. The summed E-state index contributed by atoms with van der Waals surface area (Å²) in [5.41, 5.74) is 3.90. The Morgan fingerprint density at radius 1 is 1.07 bits per heavy atom. The van der Waals surface area contributed by atoms with Crippen molar-refractivity contribution < 1.29 is 9.59 Å². The van der Waals surface area contributed by atoms with E-state index in [9.17, 15) is 9.59 Å². The zero-order valence-corrected chi connectivity index (χ0v) is 19.0. The van der Waals surface area contributed by atoms with E-state index in [-0.39, 0.29) is 23.9 Å². The maximum absolute atomic E-state index is 13.3. The molecule has 2 aromatic rings. The Kier molecular flexibility index (Phi) is 6.25. The summed E-state index contributed by atoms with van der Waals surface area (Å²) in [5, 5.41) is 2.17. The molecule has 2 aliphatic rings. The number of fused-ring (bicyclic) bond motifs is 1. The molecular weight excluding hydrogens is 394 g/mol. The van der Waals surface area contributed by atoms with Crippen LogP contribution >= 0.6 is 11.3 Å². The minimum absolute atomic E-state index is 0.0761. The van der Waals surface area contributed by atoms with Crippen molar-refractivity contribution in [1.82, 2.24) is 14.7 Å². The molecule has 0 saturated carbocycles. The third-order valence-corrected chi connectivity index (χ3v) is 7.49. The summed E-state index contributed by atoms with van der Waals surface area (Å²) in [6.07, 6.45) is 1.52. The highest BCUT2D eigenvalue weighted by Crippen LogP contribution is 2.38. The van der Waals surface area contributed by atoms with Gasteiger partial charge in [-0.15, -0.1) is 11.3 Å². The molecule has 0 unspecified atom stereocenters. The number of thiophene rings is 1. The standard InChI is InChI=1S/C24H31N3O2S/c1-4-22(28)27-13-12-25(15-18(27)3)23(29)16-26-11-9-21-20(10-14-30-21)24(26)19-8-6-5-7-17(19)2/h5-8,10,14,18,24H,4,9,11-13,15-16H2,1-3H3/t18-,24-/m1/s1. The van der Waals surface area contributed by atoms with Gasteiger partial charge >= 0.3 is 0 Å². The number of carbonyl (C=O) groups is 2. The van der Waals surface area contributed by atoms with E-state index in [1.165, 1.54) is 21.6 Å². The fourth-order valence-corrected chi connectivity index (χ4v) is 5.73. The van der Waals surface area contributed by atoms with Crippen LogP contribution in [0.5, 0.6) is 0 Å². The summed E-state index contributed by atoms with van der Waals surface area (Å²) < 4.78 is 0. The first-order chi connectivity index (χ1) is 14.5. The molecule has 1 aromatic heterocycles. The molecule has 4 rings (SSSR count). The monoisotopic (exact) mass is 425 g/mol. The molecule has 3 heterocycles. The summed E-state index contributed by atoms with van der Waals surface area (Å²) in [6.45, 7) is 9.29. The van der Waals surface area contributed by atoms with Gasteiger partial charge in [-0.05, 0) is 48.4 Å². The molecule has 160 valence electrons. The van der Waals surface area contributed by atoms with E-state index in [0.29, 0.717) is 32.6 Å². The smallest absolute Gasteiger partial charge is 0.236 e. The first-order valence-electron chi connectivity index (χ1n) is 10.9. The number of piperazine rings is 1. The van der Waals surface area contributed by atoms with E-state index in [0.717, 1.165) is 13.0 Å². The SMILES string of the molecule is CCC(=O)N1CCN(C(=O)CN2CCc3sccc3[C@H]2c2ccccc2C)C[C@H]1C. The zero-order chi connectivity index (χ0) is 21.3. The first-order valence-corrected chi connectivity index (χ1v) is 11.8. The van der Waals surface area contributed by atoms with Gasteiger partial charge in [-0.2, -0.15) is 0 Å². The van der Waals surface area contributed by atoms with Crippen molar-refractivity contribution in [3.8, 4) is 0 Å². The van der Waals surface area contributed by atoms with Crippen LogP contribution in [0.2, 0.25) is 0 Å². The summed E-state index contributed by atoms with van der Waals surface area (Å²) in [7, 11) is 0.